The van der Waals surface area contributed by atoms with Crippen LogP contribution in [0.4, 0.5) is 5.69 Å². The molecule has 1 fully saturated rings. The van der Waals surface area contributed by atoms with Crippen LogP contribution in [-0.2, 0) is 11.2 Å². The predicted molar refractivity (Wildman–Crippen MR) is 96.1 cm³/mol. The van der Waals surface area contributed by atoms with E-state index >= 15 is 0 Å². The van der Waals surface area contributed by atoms with Gasteiger partial charge < -0.3 is 19.7 Å². The summed E-state index contributed by atoms with van der Waals surface area (Å²) in [6.07, 6.45) is 4.85. The first-order chi connectivity index (χ1) is 12.2. The molecule has 0 saturated carbocycles. The van der Waals surface area contributed by atoms with E-state index in [1.807, 2.05) is 35.2 Å². The Hall–Kier alpha value is -2.76. The SMILES string of the molecule is COc1ccc(CC(=O)N2CC[C@H](Nc3cccnc3)C2)cc1OC. The van der Waals surface area contributed by atoms with Crippen molar-refractivity contribution in [3.8, 4) is 11.5 Å². The van der Waals surface area contributed by atoms with E-state index in [0.717, 1.165) is 24.2 Å². The van der Waals surface area contributed by atoms with Gasteiger partial charge >= 0.3 is 0 Å². The van der Waals surface area contributed by atoms with E-state index in [1.54, 1.807) is 26.6 Å². The fourth-order valence-corrected chi connectivity index (χ4v) is 3.07. The van der Waals surface area contributed by atoms with Crippen LogP contribution in [0, 0.1) is 0 Å². The van der Waals surface area contributed by atoms with Crippen LogP contribution in [0.25, 0.3) is 0 Å². The van der Waals surface area contributed by atoms with Gasteiger partial charge in [0, 0.05) is 31.5 Å². The molecule has 0 radical (unpaired) electrons. The van der Waals surface area contributed by atoms with Crippen molar-refractivity contribution in [3.05, 3.63) is 48.3 Å². The Labute approximate surface area is 147 Å². The van der Waals surface area contributed by atoms with Crippen LogP contribution in [-0.4, -0.2) is 49.1 Å². The molecule has 0 unspecified atom stereocenters. The molecule has 1 aromatic heterocycles. The zero-order valence-corrected chi connectivity index (χ0v) is 14.6. The van der Waals surface area contributed by atoms with Crippen LogP contribution in [0.15, 0.2) is 42.7 Å². The smallest absolute Gasteiger partial charge is 0.227 e. The number of hydrogen-bond acceptors (Lipinski definition) is 5. The second-order valence-corrected chi connectivity index (χ2v) is 6.08. The maximum atomic E-state index is 12.6. The summed E-state index contributed by atoms with van der Waals surface area (Å²) >= 11 is 0. The normalized spacial score (nSPS) is 16.6. The third-order valence-electron chi connectivity index (χ3n) is 4.38. The molecule has 1 aliphatic heterocycles. The van der Waals surface area contributed by atoms with Crippen molar-refractivity contribution >= 4 is 11.6 Å². The van der Waals surface area contributed by atoms with Crippen LogP contribution < -0.4 is 14.8 Å². The molecule has 3 rings (SSSR count). The lowest BCUT2D eigenvalue weighted by molar-refractivity contribution is -0.129. The van der Waals surface area contributed by atoms with Gasteiger partial charge in [-0.3, -0.25) is 9.78 Å². The molecule has 25 heavy (non-hydrogen) atoms. The summed E-state index contributed by atoms with van der Waals surface area (Å²) in [4.78, 5) is 18.6. The van der Waals surface area contributed by atoms with Gasteiger partial charge in [-0.1, -0.05) is 6.07 Å². The van der Waals surface area contributed by atoms with Crippen LogP contribution in [0.3, 0.4) is 0 Å². The summed E-state index contributed by atoms with van der Waals surface area (Å²) in [5.74, 6) is 1.44. The number of carbonyl (C=O) groups excluding carboxylic acids is 1. The molecule has 2 aromatic rings. The van der Waals surface area contributed by atoms with Crippen molar-refractivity contribution in [3.63, 3.8) is 0 Å². The van der Waals surface area contributed by atoms with Crippen LogP contribution >= 0.6 is 0 Å². The van der Waals surface area contributed by atoms with Crippen molar-refractivity contribution in [1.82, 2.24) is 9.88 Å². The first kappa shape index (κ1) is 17.1. The molecule has 1 aromatic carbocycles. The number of rotatable bonds is 6. The molecule has 0 aliphatic carbocycles. The van der Waals surface area contributed by atoms with Crippen molar-refractivity contribution in [2.24, 2.45) is 0 Å². The van der Waals surface area contributed by atoms with Gasteiger partial charge in [0.25, 0.3) is 0 Å². The van der Waals surface area contributed by atoms with Gasteiger partial charge in [0.05, 0.1) is 26.3 Å². The Kier molecular flexibility index (Phi) is 5.38. The maximum Gasteiger partial charge on any atom is 0.227 e. The average Bonchev–Trinajstić information content (AvgIpc) is 3.11. The monoisotopic (exact) mass is 341 g/mol. The highest BCUT2D eigenvalue weighted by Gasteiger charge is 2.26. The molecule has 1 aliphatic rings. The predicted octanol–water partition coefficient (Wildman–Crippen LogP) is 2.35. The van der Waals surface area contributed by atoms with Gasteiger partial charge in [-0.05, 0) is 36.2 Å². The van der Waals surface area contributed by atoms with Gasteiger partial charge in [-0.2, -0.15) is 0 Å². The van der Waals surface area contributed by atoms with Crippen LogP contribution in [0.2, 0.25) is 0 Å². The Morgan fingerprint density at radius 3 is 2.84 bits per heavy atom. The van der Waals surface area contributed by atoms with Gasteiger partial charge in [0.1, 0.15) is 0 Å². The number of hydrogen-bond donors (Lipinski definition) is 1. The highest BCUT2D eigenvalue weighted by Crippen LogP contribution is 2.28. The summed E-state index contributed by atoms with van der Waals surface area (Å²) < 4.78 is 10.5. The number of ether oxygens (including phenoxy) is 2. The number of pyridine rings is 1. The summed E-state index contributed by atoms with van der Waals surface area (Å²) in [6.45, 7) is 1.48. The second-order valence-electron chi connectivity index (χ2n) is 6.08. The average molecular weight is 341 g/mol. The minimum atomic E-state index is 0.128. The Morgan fingerprint density at radius 2 is 2.12 bits per heavy atom. The van der Waals surface area contributed by atoms with E-state index < -0.39 is 0 Å². The lowest BCUT2D eigenvalue weighted by Gasteiger charge is -2.18. The molecule has 132 valence electrons. The zero-order valence-electron chi connectivity index (χ0n) is 14.6. The topological polar surface area (TPSA) is 63.7 Å². The van der Waals surface area contributed by atoms with Gasteiger partial charge in [0.2, 0.25) is 5.91 Å². The Balaban J connectivity index is 1.57. The number of benzene rings is 1. The molecule has 1 N–H and O–H groups in total. The number of methoxy groups -OCH3 is 2. The number of nitrogens with zero attached hydrogens (tertiary/aromatic N) is 2. The maximum absolute atomic E-state index is 12.6. The van der Waals surface area contributed by atoms with Crippen LogP contribution in [0.1, 0.15) is 12.0 Å². The molecule has 6 heteroatoms. The quantitative estimate of drug-likeness (QED) is 0.874. The van der Waals surface area contributed by atoms with E-state index in [-0.39, 0.29) is 11.9 Å². The van der Waals surface area contributed by atoms with E-state index in [1.165, 1.54) is 0 Å². The fourth-order valence-electron chi connectivity index (χ4n) is 3.07. The Morgan fingerprint density at radius 1 is 1.28 bits per heavy atom. The molecule has 0 spiro atoms. The van der Waals surface area contributed by atoms with Gasteiger partial charge in [-0.15, -0.1) is 0 Å². The molecule has 1 amide bonds. The minimum absolute atomic E-state index is 0.128. The fraction of sp³-hybridized carbons (Fsp3) is 0.368. The third-order valence-corrected chi connectivity index (χ3v) is 4.38. The minimum Gasteiger partial charge on any atom is -0.493 e. The number of nitrogens with one attached hydrogen (secondary N) is 1. The van der Waals surface area contributed by atoms with Crippen molar-refractivity contribution in [2.75, 3.05) is 32.6 Å². The first-order valence-corrected chi connectivity index (χ1v) is 8.35. The molecule has 1 atom stereocenters. The van der Waals surface area contributed by atoms with E-state index in [0.29, 0.717) is 24.5 Å². The first-order valence-electron chi connectivity index (χ1n) is 8.35. The number of anilines is 1. The van der Waals surface area contributed by atoms with E-state index in [2.05, 4.69) is 10.3 Å². The largest absolute Gasteiger partial charge is 0.493 e. The molecular weight excluding hydrogens is 318 g/mol. The molecule has 0 bridgehead atoms. The summed E-state index contributed by atoms with van der Waals surface area (Å²) in [7, 11) is 3.20. The van der Waals surface area contributed by atoms with E-state index in [9.17, 15) is 4.79 Å². The Bertz CT molecular complexity index is 721. The summed E-state index contributed by atoms with van der Waals surface area (Å²) in [5.41, 5.74) is 1.91. The lowest BCUT2D eigenvalue weighted by atomic mass is 10.1. The van der Waals surface area contributed by atoms with Crippen molar-refractivity contribution in [2.45, 2.75) is 18.9 Å². The lowest BCUT2D eigenvalue weighted by Crippen LogP contribution is -2.32. The van der Waals surface area contributed by atoms with Gasteiger partial charge in [0.15, 0.2) is 11.5 Å². The second kappa shape index (κ2) is 7.88. The molecule has 6 nitrogen and oxygen atoms in total. The summed E-state index contributed by atoms with van der Waals surface area (Å²) in [5, 5.41) is 3.43. The van der Waals surface area contributed by atoms with Crippen molar-refractivity contribution in [1.29, 1.82) is 0 Å². The third kappa shape index (κ3) is 4.21. The standard InChI is InChI=1S/C19H23N3O3/c1-24-17-6-5-14(10-18(17)25-2)11-19(23)22-9-7-16(13-22)21-15-4-3-8-20-12-15/h3-6,8,10,12,16,21H,7,9,11,13H2,1-2H3/t16-/m0/s1. The number of likely N-dealkylation sites (tertiary alicyclic amines) is 1. The highest BCUT2D eigenvalue weighted by atomic mass is 16.5. The highest BCUT2D eigenvalue weighted by molar-refractivity contribution is 5.79. The zero-order chi connectivity index (χ0) is 17.6. The molecule has 1 saturated heterocycles. The van der Waals surface area contributed by atoms with Crippen LogP contribution in [0.5, 0.6) is 11.5 Å². The van der Waals surface area contributed by atoms with Crippen molar-refractivity contribution < 1.29 is 14.3 Å². The number of amides is 1. The van der Waals surface area contributed by atoms with Gasteiger partial charge in [-0.25, -0.2) is 0 Å². The summed E-state index contributed by atoms with van der Waals surface area (Å²) in [6, 6.07) is 9.74. The number of aromatic nitrogens is 1. The molecule has 2 heterocycles. The number of carbonyl (C=O) groups is 1. The van der Waals surface area contributed by atoms with E-state index in [4.69, 9.17) is 9.47 Å². The molecular formula is C19H23N3O3.